The molecule has 1 atom stereocenters. The van der Waals surface area contributed by atoms with Crippen molar-refractivity contribution >= 4 is 5.91 Å². The van der Waals surface area contributed by atoms with Crippen molar-refractivity contribution in [3.05, 3.63) is 83.3 Å². The van der Waals surface area contributed by atoms with Crippen LogP contribution < -0.4 is 4.74 Å². The van der Waals surface area contributed by atoms with Gasteiger partial charge in [-0.15, -0.1) is 0 Å². The van der Waals surface area contributed by atoms with E-state index in [-0.39, 0.29) is 24.3 Å². The van der Waals surface area contributed by atoms with E-state index in [1.807, 2.05) is 41.1 Å². The number of hydrogen-bond acceptors (Lipinski definition) is 5. The molecule has 33 heavy (non-hydrogen) atoms. The maximum atomic E-state index is 14.0. The molecule has 2 heterocycles. The van der Waals surface area contributed by atoms with Crippen LogP contribution in [0.15, 0.2) is 59.1 Å². The number of amides is 1. The average molecular weight is 452 g/mol. The lowest BCUT2D eigenvalue weighted by Crippen LogP contribution is -2.43. The molecule has 174 valence electrons. The number of para-hydroxylation sites is 1. The predicted octanol–water partition coefficient (Wildman–Crippen LogP) is 4.60. The first-order valence-corrected chi connectivity index (χ1v) is 11.3. The number of nitrogens with zero attached hydrogens (tertiary/aromatic N) is 3. The van der Waals surface area contributed by atoms with Gasteiger partial charge in [-0.05, 0) is 38.4 Å². The molecule has 0 N–H and O–H groups in total. The summed E-state index contributed by atoms with van der Waals surface area (Å²) in [7, 11) is 3.49. The second-order valence-electron chi connectivity index (χ2n) is 8.52. The largest absolute Gasteiger partial charge is 0.496 e. The topological polar surface area (TPSA) is 58.8 Å². The number of carbonyl (C=O) groups excluding carboxylic acids is 1. The van der Waals surface area contributed by atoms with E-state index in [9.17, 15) is 9.18 Å². The third kappa shape index (κ3) is 5.60. The molecule has 1 amide bonds. The zero-order chi connectivity index (χ0) is 23.2. The van der Waals surface area contributed by atoms with Crippen LogP contribution in [-0.4, -0.2) is 47.9 Å². The van der Waals surface area contributed by atoms with E-state index in [0.717, 1.165) is 36.3 Å². The van der Waals surface area contributed by atoms with E-state index in [4.69, 9.17) is 9.15 Å². The summed E-state index contributed by atoms with van der Waals surface area (Å²) >= 11 is 0. The number of oxazole rings is 1. The maximum Gasteiger partial charge on any atom is 0.237 e. The molecule has 0 bridgehead atoms. The Labute approximate surface area is 194 Å². The Morgan fingerprint density at radius 1 is 1.18 bits per heavy atom. The molecule has 0 spiro atoms. The van der Waals surface area contributed by atoms with Gasteiger partial charge in [0, 0.05) is 30.6 Å². The molecule has 4 rings (SSSR count). The molecule has 2 aromatic carbocycles. The summed E-state index contributed by atoms with van der Waals surface area (Å²) < 4.78 is 25.5. The van der Waals surface area contributed by atoms with Gasteiger partial charge in [-0.1, -0.05) is 36.4 Å². The minimum absolute atomic E-state index is 0.00279. The van der Waals surface area contributed by atoms with Gasteiger partial charge in [-0.25, -0.2) is 9.37 Å². The Morgan fingerprint density at radius 2 is 1.94 bits per heavy atom. The quantitative estimate of drug-likeness (QED) is 0.501. The zero-order valence-electron chi connectivity index (χ0n) is 19.2. The summed E-state index contributed by atoms with van der Waals surface area (Å²) in [6.07, 6.45) is 5.10. The maximum absolute atomic E-state index is 14.0. The summed E-state index contributed by atoms with van der Waals surface area (Å²) in [6, 6.07) is 14.3. The third-order valence-corrected chi connectivity index (χ3v) is 6.04. The van der Waals surface area contributed by atoms with Crippen LogP contribution in [0.4, 0.5) is 4.39 Å². The van der Waals surface area contributed by atoms with Crippen LogP contribution in [0.25, 0.3) is 0 Å². The zero-order valence-corrected chi connectivity index (χ0v) is 19.2. The van der Waals surface area contributed by atoms with Crippen LogP contribution in [0.2, 0.25) is 0 Å². The van der Waals surface area contributed by atoms with E-state index in [1.165, 1.54) is 6.07 Å². The number of methoxy groups -OCH3 is 1. The molecule has 6 nitrogen and oxygen atoms in total. The van der Waals surface area contributed by atoms with Gasteiger partial charge >= 0.3 is 0 Å². The van der Waals surface area contributed by atoms with Crippen molar-refractivity contribution < 1.29 is 18.3 Å². The second kappa shape index (κ2) is 10.6. The second-order valence-corrected chi connectivity index (χ2v) is 8.52. The van der Waals surface area contributed by atoms with Crippen LogP contribution in [-0.2, 0) is 17.8 Å². The molecule has 0 aliphatic carbocycles. The van der Waals surface area contributed by atoms with Gasteiger partial charge in [0.25, 0.3) is 0 Å². The van der Waals surface area contributed by atoms with Gasteiger partial charge < -0.3 is 14.1 Å². The van der Waals surface area contributed by atoms with Crippen LogP contribution in [0.3, 0.4) is 0 Å². The summed E-state index contributed by atoms with van der Waals surface area (Å²) in [5.41, 5.74) is 1.60. The molecule has 1 saturated heterocycles. The van der Waals surface area contributed by atoms with E-state index >= 15 is 0 Å². The van der Waals surface area contributed by atoms with Crippen molar-refractivity contribution in [2.24, 2.45) is 0 Å². The molecular formula is C26H30FN3O3. The highest BCUT2D eigenvalue weighted by atomic mass is 19.1. The Bertz CT molecular complexity index is 1080. The Morgan fingerprint density at radius 3 is 2.73 bits per heavy atom. The summed E-state index contributed by atoms with van der Waals surface area (Å²) in [5, 5.41) is 0. The van der Waals surface area contributed by atoms with Gasteiger partial charge in [-0.3, -0.25) is 9.69 Å². The standard InChI is InChI=1S/C26H30FN3O3/c1-29(17-20-10-3-5-11-22(20)27)18-25(31)30-14-8-7-12-23(30)26-28-16-21(33-26)15-19-9-4-6-13-24(19)32-2/h3-6,9-11,13,16,23H,7-8,12,14-15,17-18H2,1-2H3. The molecule has 1 aromatic heterocycles. The highest BCUT2D eigenvalue weighted by Gasteiger charge is 2.31. The number of ether oxygens (including phenoxy) is 1. The van der Waals surface area contributed by atoms with Crippen LogP contribution in [0.1, 0.15) is 48.1 Å². The molecule has 1 aliphatic heterocycles. The van der Waals surface area contributed by atoms with Crippen LogP contribution in [0.5, 0.6) is 5.75 Å². The van der Waals surface area contributed by atoms with Crippen molar-refractivity contribution in [2.45, 2.75) is 38.3 Å². The first kappa shape index (κ1) is 23.0. The average Bonchev–Trinajstić information content (AvgIpc) is 3.29. The molecule has 0 saturated carbocycles. The van der Waals surface area contributed by atoms with Crippen molar-refractivity contribution in [3.63, 3.8) is 0 Å². The molecule has 0 radical (unpaired) electrons. The van der Waals surface area contributed by atoms with Gasteiger partial charge in [0.2, 0.25) is 11.8 Å². The lowest BCUT2D eigenvalue weighted by atomic mass is 10.0. The first-order chi connectivity index (χ1) is 16.0. The van der Waals surface area contributed by atoms with Crippen LogP contribution in [0, 0.1) is 5.82 Å². The summed E-state index contributed by atoms with van der Waals surface area (Å²) in [4.78, 5) is 21.4. The monoisotopic (exact) mass is 451 g/mol. The number of halogens is 1. The number of aromatic nitrogens is 1. The normalized spacial score (nSPS) is 16.2. The molecule has 1 aliphatic rings. The van der Waals surface area contributed by atoms with E-state index in [2.05, 4.69) is 4.98 Å². The van der Waals surface area contributed by atoms with E-state index in [0.29, 0.717) is 31.0 Å². The summed E-state index contributed by atoms with van der Waals surface area (Å²) in [5.74, 6) is 1.87. The molecule has 3 aromatic rings. The smallest absolute Gasteiger partial charge is 0.237 e. The van der Waals surface area contributed by atoms with Crippen molar-refractivity contribution in [2.75, 3.05) is 27.2 Å². The Balaban J connectivity index is 1.43. The predicted molar refractivity (Wildman–Crippen MR) is 123 cm³/mol. The number of piperidine rings is 1. The number of benzene rings is 2. The lowest BCUT2D eigenvalue weighted by Gasteiger charge is -2.35. The summed E-state index contributed by atoms with van der Waals surface area (Å²) in [6.45, 7) is 1.25. The molecule has 1 fully saturated rings. The van der Waals surface area contributed by atoms with Crippen molar-refractivity contribution in [1.29, 1.82) is 0 Å². The number of rotatable bonds is 8. The fourth-order valence-corrected chi connectivity index (χ4v) is 4.38. The highest BCUT2D eigenvalue weighted by molar-refractivity contribution is 5.78. The first-order valence-electron chi connectivity index (χ1n) is 11.3. The number of likely N-dealkylation sites (N-methyl/N-ethyl adjacent to an activating group) is 1. The van der Waals surface area contributed by atoms with Gasteiger partial charge in [0.15, 0.2) is 0 Å². The highest BCUT2D eigenvalue weighted by Crippen LogP contribution is 2.31. The van der Waals surface area contributed by atoms with Gasteiger partial charge in [-0.2, -0.15) is 0 Å². The van der Waals surface area contributed by atoms with Crippen molar-refractivity contribution in [1.82, 2.24) is 14.8 Å². The number of likely N-dealkylation sites (tertiary alicyclic amines) is 1. The molecule has 1 unspecified atom stereocenters. The van der Waals surface area contributed by atoms with Gasteiger partial charge in [0.1, 0.15) is 23.4 Å². The SMILES string of the molecule is COc1ccccc1Cc1cnc(C2CCCCN2C(=O)CN(C)Cc2ccccc2F)o1. The third-order valence-electron chi connectivity index (χ3n) is 6.04. The van der Waals surface area contributed by atoms with Gasteiger partial charge in [0.05, 0.1) is 19.9 Å². The van der Waals surface area contributed by atoms with Crippen LogP contribution >= 0.6 is 0 Å². The molecular weight excluding hydrogens is 421 g/mol. The minimum atomic E-state index is -0.255. The van der Waals surface area contributed by atoms with E-state index in [1.54, 1.807) is 31.5 Å². The lowest BCUT2D eigenvalue weighted by molar-refractivity contribution is -0.136. The van der Waals surface area contributed by atoms with Crippen molar-refractivity contribution in [3.8, 4) is 5.75 Å². The van der Waals surface area contributed by atoms with E-state index < -0.39 is 0 Å². The fourth-order valence-electron chi connectivity index (χ4n) is 4.38. The number of hydrogen-bond donors (Lipinski definition) is 0. The number of carbonyl (C=O) groups is 1. The minimum Gasteiger partial charge on any atom is -0.496 e. The molecule has 7 heteroatoms. The Kier molecular flexibility index (Phi) is 7.40. The Hall–Kier alpha value is -3.19. The fraction of sp³-hybridized carbons (Fsp3) is 0.385.